The van der Waals surface area contributed by atoms with Gasteiger partial charge in [-0.25, -0.2) is 4.98 Å². The van der Waals surface area contributed by atoms with Gasteiger partial charge in [-0.1, -0.05) is 6.08 Å². The van der Waals surface area contributed by atoms with E-state index in [9.17, 15) is 0 Å². The predicted molar refractivity (Wildman–Crippen MR) is 67.9 cm³/mol. The Morgan fingerprint density at radius 2 is 2.25 bits per heavy atom. The Morgan fingerprint density at radius 3 is 2.88 bits per heavy atom. The van der Waals surface area contributed by atoms with Gasteiger partial charge in [0.15, 0.2) is 11.6 Å². The quantitative estimate of drug-likeness (QED) is 0.747. The maximum Gasteiger partial charge on any atom is 0.168 e. The molecule has 0 aliphatic rings. The van der Waals surface area contributed by atoms with Crippen molar-refractivity contribution in [2.45, 2.75) is 39.3 Å². The zero-order chi connectivity index (χ0) is 12.0. The molecule has 0 saturated heterocycles. The Bertz CT molecular complexity index is 336. The zero-order valence-electron chi connectivity index (χ0n) is 10.2. The SMILES string of the molecule is C=CCC(C)Nc1ncccc1OC(C)C. The summed E-state index contributed by atoms with van der Waals surface area (Å²) in [5.74, 6) is 1.60. The second-order valence-electron chi connectivity index (χ2n) is 4.09. The van der Waals surface area contributed by atoms with E-state index in [0.29, 0.717) is 6.04 Å². The van der Waals surface area contributed by atoms with Gasteiger partial charge in [-0.05, 0) is 39.3 Å². The fourth-order valence-electron chi connectivity index (χ4n) is 1.39. The van der Waals surface area contributed by atoms with Gasteiger partial charge < -0.3 is 10.1 Å². The van der Waals surface area contributed by atoms with Crippen molar-refractivity contribution in [1.82, 2.24) is 4.98 Å². The van der Waals surface area contributed by atoms with Gasteiger partial charge in [-0.3, -0.25) is 0 Å². The van der Waals surface area contributed by atoms with Crippen LogP contribution >= 0.6 is 0 Å². The number of hydrogen-bond acceptors (Lipinski definition) is 3. The van der Waals surface area contributed by atoms with Crippen LogP contribution in [0, 0.1) is 0 Å². The van der Waals surface area contributed by atoms with Gasteiger partial charge in [0.2, 0.25) is 0 Å². The molecule has 1 heterocycles. The van der Waals surface area contributed by atoms with Crippen LogP contribution in [0.3, 0.4) is 0 Å². The highest BCUT2D eigenvalue weighted by Crippen LogP contribution is 2.23. The first-order valence-corrected chi connectivity index (χ1v) is 5.62. The normalized spacial score (nSPS) is 12.2. The lowest BCUT2D eigenvalue weighted by atomic mass is 10.2. The molecule has 1 unspecified atom stereocenters. The standard InChI is InChI=1S/C13H20N2O/c1-5-7-11(4)15-13-12(16-10(2)3)8-6-9-14-13/h5-6,8-11H,1,7H2,2-4H3,(H,14,15). The van der Waals surface area contributed by atoms with Crippen molar-refractivity contribution in [3.8, 4) is 5.75 Å². The third-order valence-corrected chi connectivity index (χ3v) is 2.04. The third kappa shape index (κ3) is 3.93. The van der Waals surface area contributed by atoms with E-state index in [0.717, 1.165) is 18.0 Å². The molecular formula is C13H20N2O. The minimum absolute atomic E-state index is 0.152. The molecule has 1 aromatic rings. The maximum atomic E-state index is 5.67. The van der Waals surface area contributed by atoms with Crippen molar-refractivity contribution in [3.05, 3.63) is 31.0 Å². The van der Waals surface area contributed by atoms with E-state index >= 15 is 0 Å². The largest absolute Gasteiger partial charge is 0.487 e. The minimum atomic E-state index is 0.152. The molecule has 1 aromatic heterocycles. The molecule has 3 nitrogen and oxygen atoms in total. The van der Waals surface area contributed by atoms with Gasteiger partial charge in [-0.15, -0.1) is 6.58 Å². The van der Waals surface area contributed by atoms with Crippen LogP contribution < -0.4 is 10.1 Å². The van der Waals surface area contributed by atoms with Crippen LogP contribution in [-0.2, 0) is 0 Å². The summed E-state index contributed by atoms with van der Waals surface area (Å²) in [5.41, 5.74) is 0. The Kier molecular flexibility index (Phi) is 4.83. The van der Waals surface area contributed by atoms with Crippen molar-refractivity contribution < 1.29 is 4.74 Å². The number of hydrogen-bond donors (Lipinski definition) is 1. The molecule has 1 atom stereocenters. The Hall–Kier alpha value is -1.51. The average molecular weight is 220 g/mol. The molecule has 0 spiro atoms. The minimum Gasteiger partial charge on any atom is -0.487 e. The van der Waals surface area contributed by atoms with Gasteiger partial charge in [0.05, 0.1) is 6.10 Å². The molecule has 0 aliphatic carbocycles. The van der Waals surface area contributed by atoms with Gasteiger partial charge in [0.1, 0.15) is 0 Å². The van der Waals surface area contributed by atoms with Crippen molar-refractivity contribution in [2.75, 3.05) is 5.32 Å². The maximum absolute atomic E-state index is 5.67. The molecular weight excluding hydrogens is 200 g/mol. The van der Waals surface area contributed by atoms with Gasteiger partial charge in [0.25, 0.3) is 0 Å². The van der Waals surface area contributed by atoms with Crippen molar-refractivity contribution >= 4 is 5.82 Å². The summed E-state index contributed by atoms with van der Waals surface area (Å²) in [7, 11) is 0. The second kappa shape index (κ2) is 6.16. The fourth-order valence-corrected chi connectivity index (χ4v) is 1.39. The van der Waals surface area contributed by atoms with Crippen LogP contribution in [0.15, 0.2) is 31.0 Å². The van der Waals surface area contributed by atoms with E-state index in [1.165, 1.54) is 0 Å². The highest BCUT2D eigenvalue weighted by atomic mass is 16.5. The van der Waals surface area contributed by atoms with Crippen molar-refractivity contribution in [3.63, 3.8) is 0 Å². The summed E-state index contributed by atoms with van der Waals surface area (Å²) in [5, 5.41) is 3.31. The topological polar surface area (TPSA) is 34.2 Å². The molecule has 1 N–H and O–H groups in total. The van der Waals surface area contributed by atoms with Crippen LogP contribution in [-0.4, -0.2) is 17.1 Å². The summed E-state index contributed by atoms with van der Waals surface area (Å²) in [6.45, 7) is 9.82. The Balaban J connectivity index is 2.73. The number of ether oxygens (including phenoxy) is 1. The van der Waals surface area contributed by atoms with Crippen molar-refractivity contribution in [2.24, 2.45) is 0 Å². The summed E-state index contributed by atoms with van der Waals surface area (Å²) in [6.07, 6.45) is 4.71. The fraction of sp³-hybridized carbons (Fsp3) is 0.462. The number of aromatic nitrogens is 1. The average Bonchev–Trinajstić information content (AvgIpc) is 2.20. The monoisotopic (exact) mass is 220 g/mol. The van der Waals surface area contributed by atoms with E-state index in [-0.39, 0.29) is 6.10 Å². The first-order chi connectivity index (χ1) is 7.63. The molecule has 0 aliphatic heterocycles. The predicted octanol–water partition coefficient (Wildman–Crippen LogP) is 3.25. The van der Waals surface area contributed by atoms with E-state index in [2.05, 4.69) is 23.8 Å². The molecule has 0 radical (unpaired) electrons. The second-order valence-corrected chi connectivity index (χ2v) is 4.09. The van der Waals surface area contributed by atoms with Crippen LogP contribution in [0.5, 0.6) is 5.75 Å². The molecule has 3 heteroatoms. The van der Waals surface area contributed by atoms with E-state index in [1.54, 1.807) is 6.20 Å². The lowest BCUT2D eigenvalue weighted by Crippen LogP contribution is -2.17. The van der Waals surface area contributed by atoms with Crippen molar-refractivity contribution in [1.29, 1.82) is 0 Å². The lowest BCUT2D eigenvalue weighted by molar-refractivity contribution is 0.242. The Morgan fingerprint density at radius 1 is 1.50 bits per heavy atom. The molecule has 0 saturated carbocycles. The van der Waals surface area contributed by atoms with Gasteiger partial charge >= 0.3 is 0 Å². The number of nitrogens with one attached hydrogen (secondary N) is 1. The van der Waals surface area contributed by atoms with E-state index in [1.807, 2.05) is 32.1 Å². The summed E-state index contributed by atoms with van der Waals surface area (Å²) >= 11 is 0. The molecule has 0 amide bonds. The third-order valence-electron chi connectivity index (χ3n) is 2.04. The zero-order valence-corrected chi connectivity index (χ0v) is 10.2. The number of nitrogens with zero attached hydrogens (tertiary/aromatic N) is 1. The summed E-state index contributed by atoms with van der Waals surface area (Å²) in [6, 6.07) is 4.11. The lowest BCUT2D eigenvalue weighted by Gasteiger charge is -2.17. The molecule has 0 aromatic carbocycles. The first kappa shape index (κ1) is 12.6. The van der Waals surface area contributed by atoms with Gasteiger partial charge in [0, 0.05) is 12.2 Å². The number of anilines is 1. The van der Waals surface area contributed by atoms with Crippen LogP contribution in [0.2, 0.25) is 0 Å². The number of rotatable bonds is 6. The number of pyridine rings is 1. The van der Waals surface area contributed by atoms with Crippen LogP contribution in [0.1, 0.15) is 27.2 Å². The highest BCUT2D eigenvalue weighted by Gasteiger charge is 2.08. The molecule has 88 valence electrons. The molecule has 16 heavy (non-hydrogen) atoms. The van der Waals surface area contributed by atoms with E-state index in [4.69, 9.17) is 4.74 Å². The van der Waals surface area contributed by atoms with Crippen LogP contribution in [0.4, 0.5) is 5.82 Å². The summed E-state index contributed by atoms with van der Waals surface area (Å²) in [4.78, 5) is 4.28. The van der Waals surface area contributed by atoms with Gasteiger partial charge in [-0.2, -0.15) is 0 Å². The van der Waals surface area contributed by atoms with Crippen LogP contribution in [0.25, 0.3) is 0 Å². The smallest absolute Gasteiger partial charge is 0.168 e. The molecule has 1 rings (SSSR count). The van der Waals surface area contributed by atoms with E-state index < -0.39 is 0 Å². The summed E-state index contributed by atoms with van der Waals surface area (Å²) < 4.78 is 5.67. The first-order valence-electron chi connectivity index (χ1n) is 5.62. The Labute approximate surface area is 97.5 Å². The molecule has 0 fully saturated rings. The molecule has 0 bridgehead atoms. The highest BCUT2D eigenvalue weighted by molar-refractivity contribution is 5.50.